The molecule has 3 aliphatic heterocycles. The number of amides is 4. The highest BCUT2D eigenvalue weighted by atomic mass is 16.2. The van der Waals surface area contributed by atoms with E-state index >= 15 is 0 Å². The molecule has 0 bridgehead atoms. The number of nitrogens with zero attached hydrogens (tertiary/aromatic N) is 3. The van der Waals surface area contributed by atoms with Gasteiger partial charge < -0.3 is 15.1 Å². The van der Waals surface area contributed by atoms with Gasteiger partial charge in [0, 0.05) is 63.7 Å². The van der Waals surface area contributed by atoms with E-state index in [2.05, 4.69) is 29.4 Å². The third-order valence-corrected chi connectivity index (χ3v) is 7.02. The average molecular weight is 456 g/mol. The predicted molar refractivity (Wildman–Crippen MR) is 122 cm³/mol. The highest BCUT2D eigenvalue weighted by Gasteiger charge is 2.40. The maximum atomic E-state index is 13.1. The molecule has 3 heterocycles. The molecule has 2 N–H and O–H groups in total. The van der Waals surface area contributed by atoms with Crippen LogP contribution in [-0.2, 0) is 27.5 Å². The van der Waals surface area contributed by atoms with E-state index in [1.54, 1.807) is 11.0 Å². The summed E-state index contributed by atoms with van der Waals surface area (Å²) in [5.74, 6) is -0.667. The summed E-state index contributed by atoms with van der Waals surface area (Å²) in [6.45, 7) is 9.11. The Hall–Kier alpha value is -2.78. The van der Waals surface area contributed by atoms with Gasteiger partial charge in [-0.2, -0.15) is 0 Å². The number of benzene rings is 1. The van der Waals surface area contributed by atoms with Gasteiger partial charge in [-0.25, -0.2) is 0 Å². The molecule has 9 heteroatoms. The number of carbonyl (C=O) groups excluding carboxylic acids is 4. The molecule has 4 amide bonds. The molecule has 1 aromatic rings. The van der Waals surface area contributed by atoms with E-state index in [-0.39, 0.29) is 30.2 Å². The molecule has 4 rings (SSSR count). The lowest BCUT2D eigenvalue weighted by molar-refractivity contribution is -0.137. The van der Waals surface area contributed by atoms with Gasteiger partial charge in [-0.05, 0) is 37.1 Å². The second kappa shape index (κ2) is 10.0. The van der Waals surface area contributed by atoms with Gasteiger partial charge in [-0.3, -0.25) is 29.4 Å². The number of rotatable bonds is 7. The Morgan fingerprint density at radius 2 is 1.97 bits per heavy atom. The van der Waals surface area contributed by atoms with E-state index in [0.717, 1.165) is 43.9 Å². The quantitative estimate of drug-likeness (QED) is 0.580. The normalized spacial score (nSPS) is 21.9. The minimum Gasteiger partial charge on any atom is -0.340 e. The van der Waals surface area contributed by atoms with E-state index in [4.69, 9.17) is 0 Å². The van der Waals surface area contributed by atoms with Gasteiger partial charge in [0.25, 0.3) is 5.91 Å². The van der Waals surface area contributed by atoms with E-state index in [1.807, 2.05) is 17.0 Å². The second-order valence-electron chi connectivity index (χ2n) is 9.09. The first-order valence-electron chi connectivity index (χ1n) is 11.9. The molecule has 0 saturated carbocycles. The third-order valence-electron chi connectivity index (χ3n) is 7.02. The van der Waals surface area contributed by atoms with Gasteiger partial charge in [0.2, 0.25) is 17.7 Å². The van der Waals surface area contributed by atoms with Crippen molar-refractivity contribution in [2.24, 2.45) is 0 Å². The van der Waals surface area contributed by atoms with Crippen molar-refractivity contribution in [3.05, 3.63) is 34.9 Å². The van der Waals surface area contributed by atoms with E-state index < -0.39 is 11.9 Å². The van der Waals surface area contributed by atoms with Crippen molar-refractivity contribution in [3.63, 3.8) is 0 Å². The Bertz CT molecular complexity index is 943. The number of fused-ring (bicyclic) bond motifs is 1. The fraction of sp³-hybridized carbons (Fsp3) is 0.583. The first kappa shape index (κ1) is 23.4. The summed E-state index contributed by atoms with van der Waals surface area (Å²) in [4.78, 5) is 55.5. The Morgan fingerprint density at radius 1 is 1.21 bits per heavy atom. The molecule has 0 aromatic heterocycles. The van der Waals surface area contributed by atoms with Crippen LogP contribution in [0.15, 0.2) is 18.2 Å². The lowest BCUT2D eigenvalue weighted by atomic mass is 10.0. The molecule has 0 radical (unpaired) electrons. The van der Waals surface area contributed by atoms with Gasteiger partial charge in [-0.15, -0.1) is 0 Å². The molecule has 9 nitrogen and oxygen atoms in total. The van der Waals surface area contributed by atoms with Gasteiger partial charge in [0.1, 0.15) is 6.04 Å². The van der Waals surface area contributed by atoms with E-state index in [1.165, 1.54) is 0 Å². The van der Waals surface area contributed by atoms with Crippen LogP contribution in [0.5, 0.6) is 0 Å². The zero-order chi connectivity index (χ0) is 23.5. The Kier molecular flexibility index (Phi) is 7.09. The maximum Gasteiger partial charge on any atom is 0.255 e. The predicted octanol–water partition coefficient (Wildman–Crippen LogP) is 0.480. The highest BCUT2D eigenvalue weighted by Crippen LogP contribution is 2.30. The van der Waals surface area contributed by atoms with Gasteiger partial charge in [-0.1, -0.05) is 19.1 Å². The molecule has 2 unspecified atom stereocenters. The van der Waals surface area contributed by atoms with E-state index in [9.17, 15) is 19.2 Å². The van der Waals surface area contributed by atoms with Gasteiger partial charge in [0.05, 0.1) is 0 Å². The zero-order valence-electron chi connectivity index (χ0n) is 19.4. The summed E-state index contributed by atoms with van der Waals surface area (Å²) in [5.41, 5.74) is 2.60. The van der Waals surface area contributed by atoms with Crippen molar-refractivity contribution in [2.45, 2.75) is 58.3 Å². The Labute approximate surface area is 194 Å². The standard InChI is InChI=1S/C24H33N5O4/c1-3-27(16(2)13-22(31)28-11-9-25-10-12-28)14-17-5-4-6-18-19(17)15-29(24(18)33)20-7-8-21(30)26-23(20)32/h4-6,16,20,25H,3,7-15H2,1-2H3,(H,26,30,32). The molecule has 2 fully saturated rings. The summed E-state index contributed by atoms with van der Waals surface area (Å²) in [7, 11) is 0. The van der Waals surface area contributed by atoms with Crippen LogP contribution in [0.2, 0.25) is 0 Å². The first-order valence-corrected chi connectivity index (χ1v) is 11.9. The first-order chi connectivity index (χ1) is 15.9. The third kappa shape index (κ3) is 4.94. The second-order valence-corrected chi connectivity index (χ2v) is 9.09. The number of piperazine rings is 1. The summed E-state index contributed by atoms with van der Waals surface area (Å²) in [5, 5.41) is 5.62. The summed E-state index contributed by atoms with van der Waals surface area (Å²) in [6, 6.07) is 5.16. The van der Waals surface area contributed by atoms with Crippen molar-refractivity contribution in [1.82, 2.24) is 25.3 Å². The number of carbonyl (C=O) groups is 4. The van der Waals surface area contributed by atoms with Crippen molar-refractivity contribution in [2.75, 3.05) is 32.7 Å². The Balaban J connectivity index is 1.45. The average Bonchev–Trinajstić information content (AvgIpc) is 3.15. The number of hydrogen-bond donors (Lipinski definition) is 2. The fourth-order valence-electron chi connectivity index (χ4n) is 5.02. The number of imide groups is 1. The van der Waals surface area contributed by atoms with Crippen LogP contribution in [0.1, 0.15) is 54.6 Å². The van der Waals surface area contributed by atoms with Crippen LogP contribution in [-0.4, -0.2) is 83.1 Å². The molecule has 178 valence electrons. The highest BCUT2D eigenvalue weighted by molar-refractivity contribution is 6.05. The minimum absolute atomic E-state index is 0.0663. The Morgan fingerprint density at radius 3 is 2.67 bits per heavy atom. The molecule has 2 saturated heterocycles. The van der Waals surface area contributed by atoms with Crippen molar-refractivity contribution in [1.29, 1.82) is 0 Å². The molecule has 0 aliphatic carbocycles. The zero-order valence-corrected chi connectivity index (χ0v) is 19.4. The lowest BCUT2D eigenvalue weighted by Crippen LogP contribution is -2.52. The van der Waals surface area contributed by atoms with Crippen LogP contribution in [0.25, 0.3) is 0 Å². The fourth-order valence-corrected chi connectivity index (χ4v) is 5.02. The number of hydrogen-bond acceptors (Lipinski definition) is 6. The number of nitrogens with one attached hydrogen (secondary N) is 2. The van der Waals surface area contributed by atoms with Crippen LogP contribution >= 0.6 is 0 Å². The van der Waals surface area contributed by atoms with Crippen molar-refractivity contribution in [3.8, 4) is 0 Å². The molecule has 33 heavy (non-hydrogen) atoms. The molecular weight excluding hydrogens is 422 g/mol. The van der Waals surface area contributed by atoms with Crippen LogP contribution < -0.4 is 10.6 Å². The molecule has 0 spiro atoms. The SMILES string of the molecule is CCN(Cc1cccc2c1CN(C1CCC(=O)NC1=O)C2=O)C(C)CC(=O)N1CCNCC1. The largest absolute Gasteiger partial charge is 0.340 e. The molecule has 2 atom stereocenters. The lowest BCUT2D eigenvalue weighted by Gasteiger charge is -2.32. The summed E-state index contributed by atoms with van der Waals surface area (Å²) >= 11 is 0. The monoisotopic (exact) mass is 455 g/mol. The summed E-state index contributed by atoms with van der Waals surface area (Å²) in [6.07, 6.45) is 1.06. The minimum atomic E-state index is -0.617. The van der Waals surface area contributed by atoms with Crippen LogP contribution in [0.4, 0.5) is 0 Å². The van der Waals surface area contributed by atoms with Gasteiger partial charge >= 0.3 is 0 Å². The maximum absolute atomic E-state index is 13.1. The van der Waals surface area contributed by atoms with E-state index in [0.29, 0.717) is 31.5 Å². The number of piperidine rings is 1. The van der Waals surface area contributed by atoms with Gasteiger partial charge in [0.15, 0.2) is 0 Å². The summed E-state index contributed by atoms with van der Waals surface area (Å²) < 4.78 is 0. The topological polar surface area (TPSA) is 102 Å². The smallest absolute Gasteiger partial charge is 0.255 e. The van der Waals surface area contributed by atoms with Crippen molar-refractivity contribution < 1.29 is 19.2 Å². The van der Waals surface area contributed by atoms with Crippen LogP contribution in [0, 0.1) is 0 Å². The van der Waals surface area contributed by atoms with Crippen molar-refractivity contribution >= 4 is 23.6 Å². The molecule has 3 aliphatic rings. The van der Waals surface area contributed by atoms with Crippen LogP contribution in [0.3, 0.4) is 0 Å². The molecular formula is C24H33N5O4. The molecule has 1 aromatic carbocycles.